The van der Waals surface area contributed by atoms with E-state index >= 15 is 0 Å². The smallest absolute Gasteiger partial charge is 0.179 e. The van der Waals surface area contributed by atoms with E-state index in [9.17, 15) is 8.42 Å². The molecule has 2 rings (SSSR count). The highest BCUT2D eigenvalue weighted by Crippen LogP contribution is 2.19. The highest BCUT2D eigenvalue weighted by molar-refractivity contribution is 7.91. The molecule has 0 saturated heterocycles. The molecule has 0 aliphatic rings. The first-order chi connectivity index (χ1) is 7.63. The minimum atomic E-state index is -3.23. The van der Waals surface area contributed by atoms with Gasteiger partial charge in [0.25, 0.3) is 0 Å². The number of benzene rings is 2. The van der Waals surface area contributed by atoms with Gasteiger partial charge in [-0.1, -0.05) is 30.3 Å². The third-order valence-corrected chi connectivity index (χ3v) is 4.55. The molecule has 2 nitrogen and oxygen atoms in total. The summed E-state index contributed by atoms with van der Waals surface area (Å²) in [5.41, 5.74) is 0. The third kappa shape index (κ3) is 2.20. The number of fused-ring (bicyclic) bond motifs is 1. The second kappa shape index (κ2) is 4.44. The summed E-state index contributed by atoms with van der Waals surface area (Å²) in [5.74, 6) is 0.0993. The van der Waals surface area contributed by atoms with Gasteiger partial charge in [0.2, 0.25) is 0 Å². The molecule has 0 atom stereocenters. The van der Waals surface area contributed by atoms with Crippen LogP contribution in [0.3, 0.4) is 0 Å². The molecule has 0 fully saturated rings. The molecule has 16 heavy (non-hydrogen) atoms. The summed E-state index contributed by atoms with van der Waals surface area (Å²) in [4.78, 5) is 0.340. The molecule has 0 aliphatic heterocycles. The molecule has 0 heterocycles. The van der Waals surface area contributed by atoms with Crippen LogP contribution in [0.1, 0.15) is 0 Å². The molecule has 0 unspecified atom stereocenters. The predicted molar refractivity (Wildman–Crippen MR) is 66.7 cm³/mol. The number of alkyl halides is 1. The topological polar surface area (TPSA) is 34.1 Å². The van der Waals surface area contributed by atoms with E-state index in [1.165, 1.54) is 0 Å². The lowest BCUT2D eigenvalue weighted by Gasteiger charge is -2.04. The summed E-state index contributed by atoms with van der Waals surface area (Å²) < 4.78 is 23.6. The molecule has 0 bridgehead atoms. The molecular formula is C12H11ClO2S. The molecule has 0 N–H and O–H groups in total. The first-order valence-corrected chi connectivity index (χ1v) is 7.10. The zero-order valence-corrected chi connectivity index (χ0v) is 10.1. The van der Waals surface area contributed by atoms with E-state index in [-0.39, 0.29) is 11.6 Å². The van der Waals surface area contributed by atoms with Crippen LogP contribution in [0, 0.1) is 0 Å². The number of hydrogen-bond acceptors (Lipinski definition) is 2. The second-order valence-electron chi connectivity index (χ2n) is 3.52. The monoisotopic (exact) mass is 254 g/mol. The fraction of sp³-hybridized carbons (Fsp3) is 0.167. The van der Waals surface area contributed by atoms with Crippen molar-refractivity contribution in [3.63, 3.8) is 0 Å². The Labute approximate surface area is 99.8 Å². The molecule has 2 aromatic rings. The van der Waals surface area contributed by atoms with E-state index < -0.39 is 9.84 Å². The Balaban J connectivity index is 2.55. The summed E-state index contributed by atoms with van der Waals surface area (Å²) in [7, 11) is -3.23. The van der Waals surface area contributed by atoms with Crippen molar-refractivity contribution in [3.05, 3.63) is 42.5 Å². The molecule has 0 aromatic heterocycles. The van der Waals surface area contributed by atoms with Gasteiger partial charge in [0.05, 0.1) is 10.6 Å². The Bertz CT molecular complexity index is 605. The molecule has 0 radical (unpaired) electrons. The van der Waals surface area contributed by atoms with E-state index in [1.54, 1.807) is 12.1 Å². The summed E-state index contributed by atoms with van der Waals surface area (Å²) in [6.07, 6.45) is 0. The van der Waals surface area contributed by atoms with Gasteiger partial charge in [-0.2, -0.15) is 0 Å². The quantitative estimate of drug-likeness (QED) is 0.790. The number of sulfone groups is 1. The Morgan fingerprint density at radius 3 is 2.38 bits per heavy atom. The first-order valence-electron chi connectivity index (χ1n) is 4.91. The van der Waals surface area contributed by atoms with Gasteiger partial charge in [-0.15, -0.1) is 11.6 Å². The Hall–Kier alpha value is -1.06. The minimum Gasteiger partial charge on any atom is -0.224 e. The molecular weight excluding hydrogens is 244 g/mol. The number of halogens is 1. The van der Waals surface area contributed by atoms with Crippen LogP contribution in [0.5, 0.6) is 0 Å². The van der Waals surface area contributed by atoms with Gasteiger partial charge in [0.1, 0.15) is 0 Å². The molecule has 0 saturated carbocycles. The van der Waals surface area contributed by atoms with Crippen molar-refractivity contribution in [2.24, 2.45) is 0 Å². The largest absolute Gasteiger partial charge is 0.224 e. The van der Waals surface area contributed by atoms with Crippen molar-refractivity contribution in [1.82, 2.24) is 0 Å². The molecule has 0 spiro atoms. The third-order valence-electron chi connectivity index (χ3n) is 2.43. The zero-order valence-electron chi connectivity index (χ0n) is 8.56. The molecule has 0 aliphatic carbocycles. The van der Waals surface area contributed by atoms with Crippen LogP contribution in [-0.4, -0.2) is 20.1 Å². The minimum absolute atomic E-state index is 0.0209. The molecule has 84 valence electrons. The van der Waals surface area contributed by atoms with Crippen molar-refractivity contribution < 1.29 is 8.42 Å². The van der Waals surface area contributed by atoms with Crippen molar-refractivity contribution in [1.29, 1.82) is 0 Å². The maximum absolute atomic E-state index is 11.8. The standard InChI is InChI=1S/C12H11ClO2S/c13-7-8-16(14,15)12-6-5-10-3-1-2-4-11(10)9-12/h1-6,9H,7-8H2. The van der Waals surface area contributed by atoms with Crippen LogP contribution >= 0.6 is 11.6 Å². The summed E-state index contributed by atoms with van der Waals surface area (Å²) in [6, 6.07) is 12.8. The van der Waals surface area contributed by atoms with E-state index in [1.807, 2.05) is 30.3 Å². The van der Waals surface area contributed by atoms with Gasteiger partial charge in [0.15, 0.2) is 9.84 Å². The van der Waals surface area contributed by atoms with Crippen molar-refractivity contribution >= 4 is 32.2 Å². The van der Waals surface area contributed by atoms with Crippen LogP contribution in [0.2, 0.25) is 0 Å². The molecule has 0 amide bonds. The van der Waals surface area contributed by atoms with E-state index in [0.29, 0.717) is 4.90 Å². The second-order valence-corrected chi connectivity index (χ2v) is 6.00. The van der Waals surface area contributed by atoms with Gasteiger partial charge in [-0.3, -0.25) is 0 Å². The maximum atomic E-state index is 11.8. The van der Waals surface area contributed by atoms with Crippen molar-refractivity contribution in [3.8, 4) is 0 Å². The zero-order chi connectivity index (χ0) is 11.6. The Kier molecular flexibility index (Phi) is 3.17. The van der Waals surface area contributed by atoms with E-state index in [4.69, 9.17) is 11.6 Å². The van der Waals surface area contributed by atoms with Gasteiger partial charge in [0, 0.05) is 5.88 Å². The average molecular weight is 255 g/mol. The predicted octanol–water partition coefficient (Wildman–Crippen LogP) is 2.85. The van der Waals surface area contributed by atoms with Crippen LogP contribution in [0.25, 0.3) is 10.8 Å². The summed E-state index contributed by atoms with van der Waals surface area (Å²) in [5, 5.41) is 1.96. The van der Waals surface area contributed by atoms with Crippen LogP contribution in [-0.2, 0) is 9.84 Å². The molecule has 4 heteroatoms. The van der Waals surface area contributed by atoms with Crippen LogP contribution in [0.4, 0.5) is 0 Å². The summed E-state index contributed by atoms with van der Waals surface area (Å²) in [6.45, 7) is 0. The Morgan fingerprint density at radius 1 is 1.00 bits per heavy atom. The van der Waals surface area contributed by atoms with Crippen molar-refractivity contribution in [2.75, 3.05) is 11.6 Å². The van der Waals surface area contributed by atoms with Gasteiger partial charge in [-0.25, -0.2) is 8.42 Å². The van der Waals surface area contributed by atoms with Crippen LogP contribution < -0.4 is 0 Å². The van der Waals surface area contributed by atoms with E-state index in [0.717, 1.165) is 10.8 Å². The van der Waals surface area contributed by atoms with Gasteiger partial charge in [-0.05, 0) is 22.9 Å². The highest BCUT2D eigenvalue weighted by atomic mass is 35.5. The maximum Gasteiger partial charge on any atom is 0.179 e. The fourth-order valence-corrected chi connectivity index (χ4v) is 3.21. The lowest BCUT2D eigenvalue weighted by molar-refractivity contribution is 0.597. The normalized spacial score (nSPS) is 11.8. The average Bonchev–Trinajstić information content (AvgIpc) is 2.28. The summed E-state index contributed by atoms with van der Waals surface area (Å²) >= 11 is 5.48. The fourth-order valence-electron chi connectivity index (χ4n) is 1.58. The SMILES string of the molecule is O=S(=O)(CCCl)c1ccc2ccccc2c1. The van der Waals surface area contributed by atoms with E-state index in [2.05, 4.69) is 0 Å². The lowest BCUT2D eigenvalue weighted by atomic mass is 10.1. The van der Waals surface area contributed by atoms with Gasteiger partial charge < -0.3 is 0 Å². The number of hydrogen-bond donors (Lipinski definition) is 0. The molecule has 2 aromatic carbocycles. The lowest BCUT2D eigenvalue weighted by Crippen LogP contribution is -2.07. The Morgan fingerprint density at radius 2 is 1.69 bits per heavy atom. The first kappa shape index (κ1) is 11.4. The highest BCUT2D eigenvalue weighted by Gasteiger charge is 2.13. The number of rotatable bonds is 3. The van der Waals surface area contributed by atoms with Crippen LogP contribution in [0.15, 0.2) is 47.4 Å². The van der Waals surface area contributed by atoms with Gasteiger partial charge >= 0.3 is 0 Å². The van der Waals surface area contributed by atoms with Crippen molar-refractivity contribution in [2.45, 2.75) is 4.90 Å².